The summed E-state index contributed by atoms with van der Waals surface area (Å²) < 4.78 is 4.69. The Morgan fingerprint density at radius 1 is 1.31 bits per heavy atom. The normalized spacial score (nSPS) is 38.9. The van der Waals surface area contributed by atoms with E-state index in [1.54, 1.807) is 23.6 Å². The molecule has 4 rings (SSSR count). The Balaban J connectivity index is 1.67. The number of hydrogen-bond acceptors (Lipinski definition) is 6. The van der Waals surface area contributed by atoms with E-state index in [0.29, 0.717) is 0 Å². The number of nitrogens with zero attached hydrogens (tertiary/aromatic N) is 1. The number of hydrogen-bond donors (Lipinski definition) is 2. The van der Waals surface area contributed by atoms with Crippen LogP contribution in [-0.4, -0.2) is 69.6 Å². The molecular formula is C21H32N2O5S. The maximum absolute atomic E-state index is 13.5. The standard InChI is InChI=1S/C21H32N2O5S/c1-3-28-20(27)15-14-11-12(2)21(29-14)16(15)19(26)23(9-10-24)17(21)18(25)22-13-7-5-4-6-8-13/h12-17,24H,3-11H2,1-2H3,(H,22,25)/t12?,14-,15+,16+,17?,21?/m1/s1. The molecule has 0 aromatic rings. The molecule has 2 amide bonds. The summed E-state index contributed by atoms with van der Waals surface area (Å²) in [6.07, 6.45) is 6.17. The lowest BCUT2D eigenvalue weighted by atomic mass is 9.66. The van der Waals surface area contributed by atoms with E-state index in [1.807, 2.05) is 0 Å². The fourth-order valence-electron chi connectivity index (χ4n) is 6.20. The lowest BCUT2D eigenvalue weighted by Gasteiger charge is -2.39. The number of rotatable bonds is 6. The number of aliphatic hydroxyl groups is 1. The van der Waals surface area contributed by atoms with Crippen molar-refractivity contribution < 1.29 is 24.2 Å². The molecule has 6 atom stereocenters. The second-order valence-electron chi connectivity index (χ2n) is 8.90. The van der Waals surface area contributed by atoms with E-state index in [0.717, 1.165) is 32.1 Å². The van der Waals surface area contributed by atoms with Gasteiger partial charge in [0.15, 0.2) is 0 Å². The molecule has 0 aromatic carbocycles. The van der Waals surface area contributed by atoms with Gasteiger partial charge in [0.1, 0.15) is 6.04 Å². The van der Waals surface area contributed by atoms with Crippen molar-refractivity contribution in [2.24, 2.45) is 17.8 Å². The van der Waals surface area contributed by atoms with Crippen molar-refractivity contribution in [1.29, 1.82) is 0 Å². The summed E-state index contributed by atoms with van der Waals surface area (Å²) in [5.41, 5.74) is 0. The average Bonchev–Trinajstić information content (AvgIpc) is 3.27. The summed E-state index contributed by atoms with van der Waals surface area (Å²) in [6, 6.07) is -0.490. The van der Waals surface area contributed by atoms with Crippen molar-refractivity contribution in [3.8, 4) is 0 Å². The lowest BCUT2D eigenvalue weighted by Crippen LogP contribution is -2.58. The predicted molar refractivity (Wildman–Crippen MR) is 109 cm³/mol. The summed E-state index contributed by atoms with van der Waals surface area (Å²) in [7, 11) is 0. The molecule has 2 N–H and O–H groups in total. The Morgan fingerprint density at radius 2 is 2.03 bits per heavy atom. The first kappa shape index (κ1) is 21.0. The van der Waals surface area contributed by atoms with Gasteiger partial charge in [-0.05, 0) is 32.1 Å². The second kappa shape index (κ2) is 8.10. The molecule has 2 bridgehead atoms. The van der Waals surface area contributed by atoms with Crippen molar-refractivity contribution in [2.75, 3.05) is 19.8 Å². The van der Waals surface area contributed by atoms with E-state index in [4.69, 9.17) is 4.74 Å². The zero-order valence-electron chi connectivity index (χ0n) is 17.3. The van der Waals surface area contributed by atoms with Gasteiger partial charge in [0.25, 0.3) is 0 Å². The molecule has 162 valence electrons. The second-order valence-corrected chi connectivity index (χ2v) is 10.5. The summed E-state index contributed by atoms with van der Waals surface area (Å²) >= 11 is 1.65. The Morgan fingerprint density at radius 3 is 2.69 bits per heavy atom. The number of nitrogens with one attached hydrogen (secondary N) is 1. The Bertz CT molecular complexity index is 682. The molecule has 29 heavy (non-hydrogen) atoms. The van der Waals surface area contributed by atoms with E-state index in [1.165, 1.54) is 6.42 Å². The number of esters is 1. The van der Waals surface area contributed by atoms with Gasteiger partial charge in [-0.15, -0.1) is 11.8 Å². The van der Waals surface area contributed by atoms with Gasteiger partial charge in [0.2, 0.25) is 11.8 Å². The summed E-state index contributed by atoms with van der Waals surface area (Å²) in [5.74, 6) is -1.53. The number of thioether (sulfide) groups is 1. The quantitative estimate of drug-likeness (QED) is 0.625. The van der Waals surface area contributed by atoms with Crippen LogP contribution in [0.5, 0.6) is 0 Å². The maximum atomic E-state index is 13.5. The van der Waals surface area contributed by atoms with E-state index >= 15 is 0 Å². The average molecular weight is 425 g/mol. The zero-order chi connectivity index (χ0) is 20.8. The summed E-state index contributed by atoms with van der Waals surface area (Å²) in [6.45, 7) is 4.06. The Kier molecular flexibility index (Phi) is 5.86. The van der Waals surface area contributed by atoms with Gasteiger partial charge in [-0.1, -0.05) is 26.2 Å². The van der Waals surface area contributed by atoms with E-state index < -0.39 is 22.6 Å². The molecule has 7 nitrogen and oxygen atoms in total. The van der Waals surface area contributed by atoms with E-state index in [-0.39, 0.29) is 54.8 Å². The van der Waals surface area contributed by atoms with Crippen LogP contribution in [0.1, 0.15) is 52.4 Å². The number of aliphatic hydroxyl groups excluding tert-OH is 1. The number of β-amino-alcohol motifs (C(OH)–C–C–N with tert-alkyl or cyclic N) is 1. The third-order valence-electron chi connectivity index (χ3n) is 7.35. The third kappa shape index (κ3) is 3.17. The first-order valence-corrected chi connectivity index (χ1v) is 11.9. The van der Waals surface area contributed by atoms with Crippen molar-refractivity contribution in [3.05, 3.63) is 0 Å². The molecule has 3 unspecified atom stereocenters. The number of carbonyl (C=O) groups is 3. The van der Waals surface area contributed by atoms with Gasteiger partial charge >= 0.3 is 5.97 Å². The van der Waals surface area contributed by atoms with Crippen molar-refractivity contribution >= 4 is 29.5 Å². The minimum atomic E-state index is -0.640. The Labute approximate surface area is 176 Å². The first-order valence-electron chi connectivity index (χ1n) is 11.0. The number of carbonyl (C=O) groups excluding carboxylic acids is 3. The van der Waals surface area contributed by atoms with Gasteiger partial charge in [0, 0.05) is 17.8 Å². The highest BCUT2D eigenvalue weighted by atomic mass is 32.2. The fraction of sp³-hybridized carbons (Fsp3) is 0.857. The Hall–Kier alpha value is -1.28. The van der Waals surface area contributed by atoms with Crippen LogP contribution in [0, 0.1) is 17.8 Å². The lowest BCUT2D eigenvalue weighted by molar-refractivity contribution is -0.154. The summed E-state index contributed by atoms with van der Waals surface area (Å²) in [4.78, 5) is 41.2. The topological polar surface area (TPSA) is 95.9 Å². The maximum Gasteiger partial charge on any atom is 0.310 e. The minimum Gasteiger partial charge on any atom is -0.466 e. The van der Waals surface area contributed by atoms with Gasteiger partial charge in [0.05, 0.1) is 29.8 Å². The van der Waals surface area contributed by atoms with Crippen LogP contribution >= 0.6 is 11.8 Å². The van der Waals surface area contributed by atoms with Crippen LogP contribution in [0.3, 0.4) is 0 Å². The molecule has 0 radical (unpaired) electrons. The molecule has 1 saturated carbocycles. The van der Waals surface area contributed by atoms with Crippen molar-refractivity contribution in [1.82, 2.24) is 10.2 Å². The largest absolute Gasteiger partial charge is 0.466 e. The highest BCUT2D eigenvalue weighted by Crippen LogP contribution is 2.68. The highest BCUT2D eigenvalue weighted by Gasteiger charge is 2.76. The predicted octanol–water partition coefficient (Wildman–Crippen LogP) is 1.33. The molecule has 3 saturated heterocycles. The van der Waals surface area contributed by atoms with Crippen LogP contribution in [0.4, 0.5) is 0 Å². The first-order chi connectivity index (χ1) is 14.0. The van der Waals surface area contributed by atoms with Crippen LogP contribution < -0.4 is 5.32 Å². The number of ether oxygens (including phenoxy) is 1. The van der Waals surface area contributed by atoms with Crippen LogP contribution in [0.15, 0.2) is 0 Å². The van der Waals surface area contributed by atoms with Crippen LogP contribution in [0.25, 0.3) is 0 Å². The minimum absolute atomic E-state index is 0.0132. The van der Waals surface area contributed by atoms with Crippen molar-refractivity contribution in [2.45, 2.75) is 74.5 Å². The molecule has 1 spiro atoms. The van der Waals surface area contributed by atoms with E-state index in [9.17, 15) is 19.5 Å². The third-order valence-corrected chi connectivity index (χ3v) is 9.42. The molecule has 0 aromatic heterocycles. The molecular weight excluding hydrogens is 392 g/mol. The molecule has 8 heteroatoms. The molecule has 4 aliphatic rings. The van der Waals surface area contributed by atoms with E-state index in [2.05, 4.69) is 12.2 Å². The van der Waals surface area contributed by atoms with Crippen LogP contribution in [-0.2, 0) is 19.1 Å². The SMILES string of the molecule is CCOC(=O)[C@@H]1[C@H]2C(=O)N(CCO)C(C(=O)NC3CCCCC3)C23S[C@@H]1CC3C. The fourth-order valence-corrected chi connectivity index (χ4v) is 8.61. The monoisotopic (exact) mass is 424 g/mol. The highest BCUT2D eigenvalue weighted by molar-refractivity contribution is 8.02. The van der Waals surface area contributed by atoms with Crippen molar-refractivity contribution in [3.63, 3.8) is 0 Å². The van der Waals surface area contributed by atoms with Crippen LogP contribution in [0.2, 0.25) is 0 Å². The molecule has 1 aliphatic carbocycles. The van der Waals surface area contributed by atoms with Gasteiger partial charge in [-0.3, -0.25) is 14.4 Å². The smallest absolute Gasteiger partial charge is 0.310 e. The zero-order valence-corrected chi connectivity index (χ0v) is 18.1. The molecule has 3 aliphatic heterocycles. The molecule has 3 heterocycles. The summed E-state index contributed by atoms with van der Waals surface area (Å²) in [5, 5.41) is 12.8. The molecule has 4 fully saturated rings. The number of fused-ring (bicyclic) bond motifs is 1. The number of likely N-dealkylation sites (tertiary alicyclic amines) is 1. The van der Waals surface area contributed by atoms with Gasteiger partial charge in [-0.2, -0.15) is 0 Å². The van der Waals surface area contributed by atoms with Gasteiger partial charge in [-0.25, -0.2) is 0 Å². The van der Waals surface area contributed by atoms with Gasteiger partial charge < -0.3 is 20.1 Å². The number of amides is 2.